The first kappa shape index (κ1) is 16.0. The summed E-state index contributed by atoms with van der Waals surface area (Å²) in [5.74, 6) is 3.62. The molecule has 0 bridgehead atoms. The zero-order valence-electron chi connectivity index (χ0n) is 13.6. The van der Waals surface area contributed by atoms with Gasteiger partial charge in [0, 0.05) is 13.0 Å². The Morgan fingerprint density at radius 3 is 2.39 bits per heavy atom. The van der Waals surface area contributed by atoms with Crippen molar-refractivity contribution >= 4 is 10.8 Å². The van der Waals surface area contributed by atoms with Crippen molar-refractivity contribution in [1.29, 1.82) is 0 Å². The average Bonchev–Trinajstić information content (AvgIpc) is 2.86. The molecular weight excluding hydrogens is 314 g/mol. The normalized spacial score (nSPS) is 16.0. The van der Waals surface area contributed by atoms with Crippen LogP contribution < -0.4 is 9.47 Å². The molecular formula is C16H21N3O3S. The molecule has 6 nitrogen and oxygen atoms in total. The van der Waals surface area contributed by atoms with E-state index in [4.69, 9.17) is 9.47 Å². The number of hydrogen-bond donors (Lipinski definition) is 0. The molecule has 0 aliphatic heterocycles. The SMILES string of the molecule is COc1cccc(OC)c1S(=O)Cc1nnc(C2CCC2)n1C. The van der Waals surface area contributed by atoms with Gasteiger partial charge in [-0.3, -0.25) is 4.21 Å². The molecule has 1 fully saturated rings. The predicted octanol–water partition coefficient (Wildman–Crippen LogP) is 2.41. The summed E-state index contributed by atoms with van der Waals surface area (Å²) in [5, 5.41) is 8.52. The average molecular weight is 335 g/mol. The second-order valence-electron chi connectivity index (χ2n) is 5.64. The van der Waals surface area contributed by atoms with Crippen LogP contribution in [0.15, 0.2) is 23.1 Å². The fourth-order valence-corrected chi connectivity index (χ4v) is 4.14. The standard InChI is InChI=1S/C16H21N3O3S/c1-19-14(17-18-16(19)11-6-4-7-11)10-23(20)15-12(21-2)8-5-9-13(15)22-3/h5,8-9,11H,4,6-7,10H2,1-3H3. The van der Waals surface area contributed by atoms with Crippen molar-refractivity contribution in [2.45, 2.75) is 35.8 Å². The number of hydrogen-bond acceptors (Lipinski definition) is 5. The first-order valence-electron chi connectivity index (χ1n) is 7.63. The molecule has 1 aliphatic carbocycles. The summed E-state index contributed by atoms with van der Waals surface area (Å²) in [4.78, 5) is 0.561. The summed E-state index contributed by atoms with van der Waals surface area (Å²) in [7, 11) is 3.74. The van der Waals surface area contributed by atoms with Crippen molar-refractivity contribution in [1.82, 2.24) is 14.8 Å². The number of benzene rings is 1. The summed E-state index contributed by atoms with van der Waals surface area (Å²) >= 11 is 0. The number of aromatic nitrogens is 3. The van der Waals surface area contributed by atoms with Gasteiger partial charge in [-0.05, 0) is 25.0 Å². The van der Waals surface area contributed by atoms with Crippen LogP contribution in [0.3, 0.4) is 0 Å². The zero-order chi connectivity index (χ0) is 16.4. The topological polar surface area (TPSA) is 66.2 Å². The highest BCUT2D eigenvalue weighted by Gasteiger charge is 2.26. The van der Waals surface area contributed by atoms with Gasteiger partial charge < -0.3 is 14.0 Å². The maximum Gasteiger partial charge on any atom is 0.145 e. The van der Waals surface area contributed by atoms with Crippen molar-refractivity contribution in [3.63, 3.8) is 0 Å². The van der Waals surface area contributed by atoms with Gasteiger partial charge in [-0.2, -0.15) is 0 Å². The van der Waals surface area contributed by atoms with Crippen molar-refractivity contribution in [3.8, 4) is 11.5 Å². The van der Waals surface area contributed by atoms with Crippen LogP contribution in [0, 0.1) is 0 Å². The monoisotopic (exact) mass is 335 g/mol. The van der Waals surface area contributed by atoms with E-state index in [1.165, 1.54) is 6.42 Å². The fraction of sp³-hybridized carbons (Fsp3) is 0.500. The van der Waals surface area contributed by atoms with E-state index >= 15 is 0 Å². The Labute approximate surface area is 138 Å². The highest BCUT2D eigenvalue weighted by molar-refractivity contribution is 7.84. The minimum absolute atomic E-state index is 0.285. The fourth-order valence-electron chi connectivity index (χ4n) is 2.75. The lowest BCUT2D eigenvalue weighted by Crippen LogP contribution is -2.15. The molecule has 0 N–H and O–H groups in total. The van der Waals surface area contributed by atoms with Crippen LogP contribution in [0.4, 0.5) is 0 Å². The summed E-state index contributed by atoms with van der Waals surface area (Å²) in [5.41, 5.74) is 0. The molecule has 1 heterocycles. The van der Waals surface area contributed by atoms with Gasteiger partial charge in [-0.25, -0.2) is 0 Å². The Bertz CT molecular complexity index is 703. The molecule has 2 aromatic rings. The minimum atomic E-state index is -1.32. The Morgan fingerprint density at radius 1 is 1.22 bits per heavy atom. The van der Waals surface area contributed by atoms with Crippen LogP contribution in [0.5, 0.6) is 11.5 Å². The summed E-state index contributed by atoms with van der Waals surface area (Å²) in [6.07, 6.45) is 3.57. The highest BCUT2D eigenvalue weighted by atomic mass is 32.2. The van der Waals surface area contributed by atoms with E-state index in [9.17, 15) is 4.21 Å². The van der Waals surface area contributed by atoms with Crippen LogP contribution in [0.2, 0.25) is 0 Å². The third-order valence-electron chi connectivity index (χ3n) is 4.34. The Balaban J connectivity index is 1.86. The van der Waals surface area contributed by atoms with Gasteiger partial charge in [0.15, 0.2) is 0 Å². The summed E-state index contributed by atoms with van der Waals surface area (Å²) in [6, 6.07) is 5.38. The quantitative estimate of drug-likeness (QED) is 0.811. The lowest BCUT2D eigenvalue weighted by atomic mass is 9.85. The Hall–Kier alpha value is -1.89. The van der Waals surface area contributed by atoms with Crippen molar-refractivity contribution in [2.24, 2.45) is 7.05 Å². The van der Waals surface area contributed by atoms with Crippen LogP contribution in [-0.4, -0.2) is 33.2 Å². The van der Waals surface area contributed by atoms with Crippen molar-refractivity contribution < 1.29 is 13.7 Å². The van der Waals surface area contributed by atoms with Gasteiger partial charge in [0.2, 0.25) is 0 Å². The third-order valence-corrected chi connectivity index (χ3v) is 5.72. The van der Waals surface area contributed by atoms with Crippen LogP contribution >= 0.6 is 0 Å². The second-order valence-corrected chi connectivity index (χ2v) is 7.03. The Kier molecular flexibility index (Phi) is 4.66. The van der Waals surface area contributed by atoms with E-state index < -0.39 is 10.8 Å². The minimum Gasteiger partial charge on any atom is -0.495 e. The molecule has 1 aromatic carbocycles. The molecule has 1 aromatic heterocycles. The summed E-state index contributed by atoms with van der Waals surface area (Å²) in [6.45, 7) is 0. The highest BCUT2D eigenvalue weighted by Crippen LogP contribution is 2.36. The van der Waals surface area contributed by atoms with Crippen LogP contribution in [0.25, 0.3) is 0 Å². The molecule has 1 saturated carbocycles. The lowest BCUT2D eigenvalue weighted by molar-refractivity contribution is 0.375. The van der Waals surface area contributed by atoms with Gasteiger partial charge in [-0.1, -0.05) is 12.5 Å². The molecule has 0 radical (unpaired) electrons. The number of ether oxygens (including phenoxy) is 2. The van der Waals surface area contributed by atoms with E-state index in [0.29, 0.717) is 22.3 Å². The van der Waals surface area contributed by atoms with Crippen molar-refractivity contribution in [2.75, 3.05) is 14.2 Å². The second kappa shape index (κ2) is 6.70. The number of rotatable bonds is 6. The molecule has 1 atom stereocenters. The maximum absolute atomic E-state index is 12.9. The van der Waals surface area contributed by atoms with E-state index in [1.54, 1.807) is 26.4 Å². The molecule has 0 amide bonds. The largest absolute Gasteiger partial charge is 0.495 e. The first-order chi connectivity index (χ1) is 11.2. The van der Waals surface area contributed by atoms with E-state index in [1.807, 2.05) is 17.7 Å². The van der Waals surface area contributed by atoms with Gasteiger partial charge in [0.1, 0.15) is 28.0 Å². The number of nitrogens with zero attached hydrogens (tertiary/aromatic N) is 3. The van der Waals surface area contributed by atoms with E-state index in [2.05, 4.69) is 10.2 Å². The van der Waals surface area contributed by atoms with E-state index in [0.717, 1.165) is 24.5 Å². The molecule has 124 valence electrons. The third kappa shape index (κ3) is 2.97. The van der Waals surface area contributed by atoms with Gasteiger partial charge in [-0.15, -0.1) is 10.2 Å². The maximum atomic E-state index is 12.9. The lowest BCUT2D eigenvalue weighted by Gasteiger charge is -2.24. The molecule has 0 spiro atoms. The predicted molar refractivity (Wildman–Crippen MR) is 87.3 cm³/mol. The molecule has 1 unspecified atom stereocenters. The number of methoxy groups -OCH3 is 2. The van der Waals surface area contributed by atoms with Crippen molar-refractivity contribution in [3.05, 3.63) is 29.8 Å². The zero-order valence-corrected chi connectivity index (χ0v) is 14.4. The van der Waals surface area contributed by atoms with E-state index in [-0.39, 0.29) is 5.75 Å². The van der Waals surface area contributed by atoms with Gasteiger partial charge >= 0.3 is 0 Å². The summed E-state index contributed by atoms with van der Waals surface area (Å²) < 4.78 is 25.5. The molecule has 23 heavy (non-hydrogen) atoms. The smallest absolute Gasteiger partial charge is 0.145 e. The van der Waals surface area contributed by atoms with Crippen LogP contribution in [-0.2, 0) is 23.6 Å². The molecule has 3 rings (SSSR count). The van der Waals surface area contributed by atoms with Crippen LogP contribution in [0.1, 0.15) is 36.8 Å². The van der Waals surface area contributed by atoms with Gasteiger partial charge in [0.25, 0.3) is 0 Å². The first-order valence-corrected chi connectivity index (χ1v) is 8.95. The molecule has 7 heteroatoms. The molecule has 0 saturated heterocycles. The van der Waals surface area contributed by atoms with Gasteiger partial charge in [0.05, 0.1) is 30.8 Å². The molecule has 1 aliphatic rings. The Morgan fingerprint density at radius 2 is 1.87 bits per heavy atom.